The summed E-state index contributed by atoms with van der Waals surface area (Å²) in [6.45, 7) is 2.55. The maximum atomic E-state index is 12.2. The molecule has 0 unspecified atom stereocenters. The Morgan fingerprint density at radius 3 is 2.73 bits per heavy atom. The summed E-state index contributed by atoms with van der Waals surface area (Å²) in [7, 11) is 1.85. The van der Waals surface area contributed by atoms with E-state index in [0.29, 0.717) is 12.2 Å². The summed E-state index contributed by atoms with van der Waals surface area (Å²) in [6, 6.07) is 14.0. The molecule has 0 spiro atoms. The lowest BCUT2D eigenvalue weighted by atomic mass is 10.1. The Bertz CT molecular complexity index is 773. The van der Waals surface area contributed by atoms with Gasteiger partial charge >= 0.3 is 0 Å². The molecule has 2 heterocycles. The van der Waals surface area contributed by atoms with E-state index in [4.69, 9.17) is 0 Å². The topological polar surface area (TPSA) is 46.9 Å². The molecule has 0 saturated carbocycles. The third-order valence-corrected chi connectivity index (χ3v) is 4.35. The van der Waals surface area contributed by atoms with Crippen molar-refractivity contribution < 1.29 is 4.79 Å². The third kappa shape index (κ3) is 3.09. The van der Waals surface area contributed by atoms with Crippen LogP contribution >= 0.6 is 11.3 Å². The van der Waals surface area contributed by atoms with Crippen LogP contribution in [0.15, 0.2) is 47.8 Å². The molecular weight excluding hydrogens is 294 g/mol. The van der Waals surface area contributed by atoms with E-state index in [0.717, 1.165) is 16.1 Å². The van der Waals surface area contributed by atoms with Crippen molar-refractivity contribution in [3.63, 3.8) is 0 Å². The van der Waals surface area contributed by atoms with E-state index in [1.807, 2.05) is 61.8 Å². The fourth-order valence-corrected chi connectivity index (χ4v) is 2.98. The number of aryl methyl sites for hydroxylation is 2. The standard InChI is InChI=1S/C17H17N3OS/c1-12-5-7-13(8-6-12)11-18-17(21)14-10-15(20(2)19-14)16-4-3-9-22-16/h3-10H,11H2,1-2H3,(H,18,21). The molecule has 1 amide bonds. The van der Waals surface area contributed by atoms with E-state index in [-0.39, 0.29) is 5.91 Å². The summed E-state index contributed by atoms with van der Waals surface area (Å²) in [4.78, 5) is 13.3. The quantitative estimate of drug-likeness (QED) is 0.803. The number of benzene rings is 1. The minimum absolute atomic E-state index is 0.154. The Labute approximate surface area is 133 Å². The summed E-state index contributed by atoms with van der Waals surface area (Å²) in [6.07, 6.45) is 0. The molecule has 0 fully saturated rings. The van der Waals surface area contributed by atoms with Gasteiger partial charge in [-0.1, -0.05) is 35.9 Å². The first-order valence-electron chi connectivity index (χ1n) is 7.05. The zero-order valence-electron chi connectivity index (χ0n) is 12.5. The molecule has 1 aromatic carbocycles. The van der Waals surface area contributed by atoms with Crippen molar-refractivity contribution in [3.8, 4) is 10.6 Å². The van der Waals surface area contributed by atoms with Gasteiger partial charge in [0.15, 0.2) is 5.69 Å². The van der Waals surface area contributed by atoms with Crippen LogP contribution in [0.1, 0.15) is 21.6 Å². The number of hydrogen-bond acceptors (Lipinski definition) is 3. The molecule has 0 aliphatic heterocycles. The van der Waals surface area contributed by atoms with Gasteiger partial charge in [-0.15, -0.1) is 11.3 Å². The normalized spacial score (nSPS) is 10.6. The van der Waals surface area contributed by atoms with Gasteiger partial charge in [0.1, 0.15) is 0 Å². The molecule has 4 nitrogen and oxygen atoms in total. The predicted molar refractivity (Wildman–Crippen MR) is 88.9 cm³/mol. The average molecular weight is 311 g/mol. The highest BCUT2D eigenvalue weighted by atomic mass is 32.1. The lowest BCUT2D eigenvalue weighted by molar-refractivity contribution is 0.0945. The maximum absolute atomic E-state index is 12.2. The largest absolute Gasteiger partial charge is 0.347 e. The second-order valence-corrected chi connectivity index (χ2v) is 6.13. The molecule has 3 aromatic rings. The lowest BCUT2D eigenvalue weighted by Crippen LogP contribution is -2.23. The van der Waals surface area contributed by atoms with Crippen LogP contribution in [0.3, 0.4) is 0 Å². The summed E-state index contributed by atoms with van der Waals surface area (Å²) in [5, 5.41) is 9.23. The van der Waals surface area contributed by atoms with Gasteiger partial charge in [-0.3, -0.25) is 9.48 Å². The first-order chi connectivity index (χ1) is 10.6. The fraction of sp³-hybridized carbons (Fsp3) is 0.176. The van der Waals surface area contributed by atoms with Gasteiger partial charge in [0, 0.05) is 13.6 Å². The van der Waals surface area contributed by atoms with E-state index >= 15 is 0 Å². The van der Waals surface area contributed by atoms with Crippen molar-refractivity contribution in [1.29, 1.82) is 0 Å². The van der Waals surface area contributed by atoms with Crippen LogP contribution in [0, 0.1) is 6.92 Å². The van der Waals surface area contributed by atoms with Crippen LogP contribution < -0.4 is 5.32 Å². The van der Waals surface area contributed by atoms with Crippen molar-refractivity contribution in [2.75, 3.05) is 0 Å². The molecule has 0 aliphatic rings. The summed E-state index contributed by atoms with van der Waals surface area (Å²) < 4.78 is 1.74. The van der Waals surface area contributed by atoms with E-state index in [1.165, 1.54) is 5.56 Å². The number of nitrogens with zero attached hydrogens (tertiary/aromatic N) is 2. The Morgan fingerprint density at radius 2 is 2.05 bits per heavy atom. The molecule has 0 atom stereocenters. The van der Waals surface area contributed by atoms with Gasteiger partial charge < -0.3 is 5.32 Å². The van der Waals surface area contributed by atoms with Crippen LogP contribution in [-0.4, -0.2) is 15.7 Å². The lowest BCUT2D eigenvalue weighted by Gasteiger charge is -2.03. The molecule has 2 aromatic heterocycles. The smallest absolute Gasteiger partial charge is 0.272 e. The first kappa shape index (κ1) is 14.5. The van der Waals surface area contributed by atoms with Gasteiger partial charge in [0.2, 0.25) is 0 Å². The molecule has 5 heteroatoms. The Morgan fingerprint density at radius 1 is 1.27 bits per heavy atom. The van der Waals surface area contributed by atoms with E-state index < -0.39 is 0 Å². The number of thiophene rings is 1. The van der Waals surface area contributed by atoms with Crippen LogP contribution in [0.25, 0.3) is 10.6 Å². The minimum atomic E-state index is -0.154. The van der Waals surface area contributed by atoms with E-state index in [9.17, 15) is 4.79 Å². The van der Waals surface area contributed by atoms with Gasteiger partial charge in [-0.05, 0) is 30.0 Å². The average Bonchev–Trinajstić information content (AvgIpc) is 3.15. The van der Waals surface area contributed by atoms with Crippen LogP contribution in [0.5, 0.6) is 0 Å². The van der Waals surface area contributed by atoms with Crippen LogP contribution in [0.2, 0.25) is 0 Å². The van der Waals surface area contributed by atoms with E-state index in [1.54, 1.807) is 16.0 Å². The molecule has 112 valence electrons. The summed E-state index contributed by atoms with van der Waals surface area (Å²) in [5.41, 5.74) is 3.68. The number of aromatic nitrogens is 2. The van der Waals surface area contributed by atoms with Crippen molar-refractivity contribution in [2.45, 2.75) is 13.5 Å². The van der Waals surface area contributed by atoms with Gasteiger partial charge in [-0.2, -0.15) is 5.10 Å². The Hall–Kier alpha value is -2.40. The molecule has 0 bridgehead atoms. The number of nitrogens with one attached hydrogen (secondary N) is 1. The molecule has 0 radical (unpaired) electrons. The number of hydrogen-bond donors (Lipinski definition) is 1. The van der Waals surface area contributed by atoms with Crippen molar-refractivity contribution in [1.82, 2.24) is 15.1 Å². The molecule has 1 N–H and O–H groups in total. The predicted octanol–water partition coefficient (Wildman–Crippen LogP) is 3.39. The highest BCUT2D eigenvalue weighted by Crippen LogP contribution is 2.24. The zero-order valence-corrected chi connectivity index (χ0v) is 13.4. The first-order valence-corrected chi connectivity index (χ1v) is 7.93. The highest BCUT2D eigenvalue weighted by Gasteiger charge is 2.14. The number of carbonyl (C=O) groups is 1. The van der Waals surface area contributed by atoms with E-state index in [2.05, 4.69) is 10.4 Å². The number of carbonyl (C=O) groups excluding carboxylic acids is 1. The molecule has 0 saturated heterocycles. The summed E-state index contributed by atoms with van der Waals surface area (Å²) >= 11 is 1.63. The minimum Gasteiger partial charge on any atom is -0.347 e. The Balaban J connectivity index is 1.70. The van der Waals surface area contributed by atoms with Crippen molar-refractivity contribution >= 4 is 17.2 Å². The second kappa shape index (κ2) is 6.15. The SMILES string of the molecule is Cc1ccc(CNC(=O)c2cc(-c3cccs3)n(C)n2)cc1. The van der Waals surface area contributed by atoms with Gasteiger partial charge in [0.05, 0.1) is 10.6 Å². The molecule has 3 rings (SSSR count). The number of rotatable bonds is 4. The van der Waals surface area contributed by atoms with Gasteiger partial charge in [-0.25, -0.2) is 0 Å². The second-order valence-electron chi connectivity index (χ2n) is 5.18. The number of amides is 1. The summed E-state index contributed by atoms with van der Waals surface area (Å²) in [5.74, 6) is -0.154. The van der Waals surface area contributed by atoms with Gasteiger partial charge in [0.25, 0.3) is 5.91 Å². The Kier molecular flexibility index (Phi) is 4.06. The zero-order chi connectivity index (χ0) is 15.5. The fourth-order valence-electron chi connectivity index (χ4n) is 2.21. The van der Waals surface area contributed by atoms with Crippen molar-refractivity contribution in [2.24, 2.45) is 7.05 Å². The van der Waals surface area contributed by atoms with Crippen LogP contribution in [-0.2, 0) is 13.6 Å². The molecule has 0 aliphatic carbocycles. The third-order valence-electron chi connectivity index (χ3n) is 3.46. The molecule has 22 heavy (non-hydrogen) atoms. The van der Waals surface area contributed by atoms with Crippen LogP contribution in [0.4, 0.5) is 0 Å². The van der Waals surface area contributed by atoms with Crippen molar-refractivity contribution in [3.05, 3.63) is 64.7 Å². The molecular formula is C17H17N3OS. The monoisotopic (exact) mass is 311 g/mol. The highest BCUT2D eigenvalue weighted by molar-refractivity contribution is 7.13. The maximum Gasteiger partial charge on any atom is 0.272 e.